The van der Waals surface area contributed by atoms with E-state index in [0.717, 1.165) is 6.42 Å². The van der Waals surface area contributed by atoms with Crippen molar-refractivity contribution in [2.75, 3.05) is 13.1 Å². The predicted octanol–water partition coefficient (Wildman–Crippen LogP) is 0.890. The Bertz CT molecular complexity index is 509. The molecule has 6 nitrogen and oxygen atoms in total. The number of carbonyl (C=O) groups is 1. The van der Waals surface area contributed by atoms with Crippen LogP contribution in [0.1, 0.15) is 19.3 Å². The zero-order valence-electron chi connectivity index (χ0n) is 9.87. The fourth-order valence-corrected chi connectivity index (χ4v) is 3.81. The van der Waals surface area contributed by atoms with E-state index in [0.29, 0.717) is 19.5 Å². The highest BCUT2D eigenvalue weighted by Gasteiger charge is 2.31. The SMILES string of the molecule is O=C(O)CC1CCCN(S(=O)(=O)c2cc[nH]c2)C1. The van der Waals surface area contributed by atoms with E-state index in [1.165, 1.54) is 16.6 Å². The van der Waals surface area contributed by atoms with Gasteiger partial charge < -0.3 is 10.1 Å². The van der Waals surface area contributed by atoms with Gasteiger partial charge in [-0.1, -0.05) is 0 Å². The summed E-state index contributed by atoms with van der Waals surface area (Å²) >= 11 is 0. The van der Waals surface area contributed by atoms with Gasteiger partial charge in [-0.2, -0.15) is 4.31 Å². The number of H-pyrrole nitrogens is 1. The molecule has 1 aromatic heterocycles. The minimum Gasteiger partial charge on any atom is -0.481 e. The van der Waals surface area contributed by atoms with E-state index in [9.17, 15) is 13.2 Å². The van der Waals surface area contributed by atoms with Crippen LogP contribution in [0.15, 0.2) is 23.4 Å². The van der Waals surface area contributed by atoms with E-state index in [1.54, 1.807) is 6.20 Å². The van der Waals surface area contributed by atoms with Gasteiger partial charge in [-0.3, -0.25) is 4.79 Å². The zero-order valence-corrected chi connectivity index (χ0v) is 10.7. The van der Waals surface area contributed by atoms with Crippen LogP contribution < -0.4 is 0 Å². The lowest BCUT2D eigenvalue weighted by molar-refractivity contribution is -0.138. The molecular weight excluding hydrogens is 256 g/mol. The van der Waals surface area contributed by atoms with Gasteiger partial charge >= 0.3 is 5.97 Å². The van der Waals surface area contributed by atoms with Gasteiger partial charge in [-0.25, -0.2) is 8.42 Å². The van der Waals surface area contributed by atoms with E-state index in [1.807, 2.05) is 0 Å². The maximum Gasteiger partial charge on any atom is 0.303 e. The van der Waals surface area contributed by atoms with Crippen LogP contribution in [0, 0.1) is 5.92 Å². The lowest BCUT2D eigenvalue weighted by Gasteiger charge is -2.30. The molecule has 1 aliphatic rings. The van der Waals surface area contributed by atoms with Crippen LogP contribution in [0.2, 0.25) is 0 Å². The lowest BCUT2D eigenvalue weighted by Crippen LogP contribution is -2.40. The number of carboxylic acids is 1. The summed E-state index contributed by atoms with van der Waals surface area (Å²) in [6, 6.07) is 1.51. The van der Waals surface area contributed by atoms with Gasteiger partial charge in [0.15, 0.2) is 0 Å². The number of nitrogens with one attached hydrogen (secondary N) is 1. The molecule has 0 amide bonds. The highest BCUT2D eigenvalue weighted by molar-refractivity contribution is 7.89. The second-order valence-corrected chi connectivity index (χ2v) is 6.45. The molecule has 0 saturated carbocycles. The summed E-state index contributed by atoms with van der Waals surface area (Å²) in [7, 11) is -3.48. The Kier molecular flexibility index (Phi) is 3.72. The Morgan fingerprint density at radius 1 is 1.56 bits per heavy atom. The minimum absolute atomic E-state index is 0.0269. The van der Waals surface area contributed by atoms with Crippen molar-refractivity contribution >= 4 is 16.0 Å². The summed E-state index contributed by atoms with van der Waals surface area (Å²) in [5, 5.41) is 8.77. The van der Waals surface area contributed by atoms with E-state index >= 15 is 0 Å². The van der Waals surface area contributed by atoms with Crippen molar-refractivity contribution < 1.29 is 18.3 Å². The molecular formula is C11H16N2O4S. The van der Waals surface area contributed by atoms with Gasteiger partial charge in [-0.05, 0) is 24.8 Å². The molecule has 18 heavy (non-hydrogen) atoms. The number of aromatic nitrogens is 1. The molecule has 0 spiro atoms. The first-order chi connectivity index (χ1) is 8.50. The van der Waals surface area contributed by atoms with Crippen molar-refractivity contribution in [3.8, 4) is 0 Å². The normalized spacial score (nSPS) is 21.9. The topological polar surface area (TPSA) is 90.5 Å². The number of rotatable bonds is 4. The minimum atomic E-state index is -3.48. The second-order valence-electron chi connectivity index (χ2n) is 4.52. The van der Waals surface area contributed by atoms with Crippen LogP contribution in [-0.4, -0.2) is 41.9 Å². The molecule has 0 bridgehead atoms. The Morgan fingerprint density at radius 2 is 2.33 bits per heavy atom. The molecule has 1 saturated heterocycles. The molecule has 100 valence electrons. The summed E-state index contributed by atoms with van der Waals surface area (Å²) in [5.41, 5.74) is 0. The van der Waals surface area contributed by atoms with Gasteiger partial charge in [0.25, 0.3) is 0 Å². The van der Waals surface area contributed by atoms with E-state index in [-0.39, 0.29) is 17.2 Å². The highest BCUT2D eigenvalue weighted by Crippen LogP contribution is 2.25. The largest absolute Gasteiger partial charge is 0.481 e. The molecule has 2 rings (SSSR count). The predicted molar refractivity (Wildman–Crippen MR) is 64.5 cm³/mol. The molecule has 1 unspecified atom stereocenters. The molecule has 1 aliphatic heterocycles. The quantitative estimate of drug-likeness (QED) is 0.851. The molecule has 0 aromatic carbocycles. The van der Waals surface area contributed by atoms with Crippen LogP contribution in [0.5, 0.6) is 0 Å². The Labute approximate surface area is 106 Å². The number of sulfonamides is 1. The Hall–Kier alpha value is -1.34. The average Bonchev–Trinajstić information content (AvgIpc) is 2.82. The number of hydrogen-bond donors (Lipinski definition) is 2. The van der Waals surface area contributed by atoms with Gasteiger partial charge in [0.1, 0.15) is 0 Å². The third kappa shape index (κ3) is 2.73. The number of aliphatic carboxylic acids is 1. The summed E-state index contributed by atoms with van der Waals surface area (Å²) in [6.45, 7) is 0.753. The molecule has 0 aliphatic carbocycles. The summed E-state index contributed by atoms with van der Waals surface area (Å²) in [5.74, 6) is -0.967. The van der Waals surface area contributed by atoms with Gasteiger partial charge in [0, 0.05) is 31.9 Å². The number of piperidine rings is 1. The van der Waals surface area contributed by atoms with Crippen LogP contribution >= 0.6 is 0 Å². The first-order valence-electron chi connectivity index (χ1n) is 5.85. The average molecular weight is 272 g/mol. The monoisotopic (exact) mass is 272 g/mol. The van der Waals surface area contributed by atoms with E-state index in [4.69, 9.17) is 5.11 Å². The van der Waals surface area contributed by atoms with Crippen LogP contribution in [0.3, 0.4) is 0 Å². The number of aromatic amines is 1. The van der Waals surface area contributed by atoms with E-state index < -0.39 is 16.0 Å². The standard InChI is InChI=1S/C11H16N2O4S/c14-11(15)6-9-2-1-5-13(8-9)18(16,17)10-3-4-12-7-10/h3-4,7,9,12H,1-2,5-6,8H2,(H,14,15). The maximum atomic E-state index is 12.2. The molecule has 1 aromatic rings. The third-order valence-electron chi connectivity index (χ3n) is 3.15. The fraction of sp³-hybridized carbons (Fsp3) is 0.545. The van der Waals surface area contributed by atoms with Gasteiger partial charge in [0.2, 0.25) is 10.0 Å². The van der Waals surface area contributed by atoms with Crippen molar-refractivity contribution in [2.24, 2.45) is 5.92 Å². The van der Waals surface area contributed by atoms with Gasteiger partial charge in [0.05, 0.1) is 4.90 Å². The van der Waals surface area contributed by atoms with Crippen molar-refractivity contribution in [1.29, 1.82) is 0 Å². The molecule has 2 N–H and O–H groups in total. The highest BCUT2D eigenvalue weighted by atomic mass is 32.2. The number of carboxylic acid groups (broad SMARTS) is 1. The van der Waals surface area contributed by atoms with Crippen molar-refractivity contribution in [2.45, 2.75) is 24.2 Å². The maximum absolute atomic E-state index is 12.2. The van der Waals surface area contributed by atoms with Crippen molar-refractivity contribution in [3.05, 3.63) is 18.5 Å². The van der Waals surface area contributed by atoms with Crippen LogP contribution in [0.25, 0.3) is 0 Å². The summed E-state index contributed by atoms with van der Waals surface area (Å²) in [4.78, 5) is 13.6. The smallest absolute Gasteiger partial charge is 0.303 e. The Morgan fingerprint density at radius 3 is 2.94 bits per heavy atom. The van der Waals surface area contributed by atoms with E-state index in [2.05, 4.69) is 4.98 Å². The van der Waals surface area contributed by atoms with Crippen molar-refractivity contribution in [1.82, 2.24) is 9.29 Å². The summed E-state index contributed by atoms with van der Waals surface area (Å²) < 4.78 is 25.9. The van der Waals surface area contributed by atoms with Crippen LogP contribution in [0.4, 0.5) is 0 Å². The van der Waals surface area contributed by atoms with Crippen molar-refractivity contribution in [3.63, 3.8) is 0 Å². The third-order valence-corrected chi connectivity index (χ3v) is 5.01. The first kappa shape index (κ1) is 13.1. The first-order valence-corrected chi connectivity index (χ1v) is 7.29. The lowest BCUT2D eigenvalue weighted by atomic mass is 9.96. The number of hydrogen-bond acceptors (Lipinski definition) is 3. The fourth-order valence-electron chi connectivity index (χ4n) is 2.28. The molecule has 7 heteroatoms. The molecule has 1 atom stereocenters. The van der Waals surface area contributed by atoms with Crippen LogP contribution in [-0.2, 0) is 14.8 Å². The second kappa shape index (κ2) is 5.11. The molecule has 2 heterocycles. The molecule has 1 fully saturated rings. The number of nitrogens with zero attached hydrogens (tertiary/aromatic N) is 1. The van der Waals surface area contributed by atoms with Gasteiger partial charge in [-0.15, -0.1) is 0 Å². The zero-order chi connectivity index (χ0) is 13.2. The Balaban J connectivity index is 2.11. The summed E-state index contributed by atoms with van der Waals surface area (Å²) in [6.07, 6.45) is 4.51. The molecule has 0 radical (unpaired) electrons.